The van der Waals surface area contributed by atoms with Gasteiger partial charge in [0, 0.05) is 38.6 Å². The maximum atomic E-state index is 2.57. The molecule has 0 aliphatic rings. The van der Waals surface area contributed by atoms with Crippen LogP contribution in [0.1, 0.15) is 0 Å². The molecule has 2 aromatic heterocycles. The van der Waals surface area contributed by atoms with E-state index in [9.17, 15) is 0 Å². The summed E-state index contributed by atoms with van der Waals surface area (Å²) in [6, 6.07) is 64.4. The maximum absolute atomic E-state index is 2.57. The molecule has 0 radical (unpaired) electrons. The number of hydrogen-bond acceptors (Lipinski definition) is 0. The van der Waals surface area contributed by atoms with Gasteiger partial charge in [-0.25, -0.2) is 0 Å². The Morgan fingerprint density at radius 3 is 1.21 bits per heavy atom. The average Bonchev–Trinajstić information content (AvgIpc) is 3.87. The van der Waals surface area contributed by atoms with E-state index in [1.807, 2.05) is 0 Å². The number of para-hydroxylation sites is 1. The summed E-state index contributed by atoms with van der Waals surface area (Å²) in [5.41, 5.74) is 26.7. The number of nitrogens with zero attached hydrogens (tertiary/aromatic N) is 2. The Labute approximate surface area is 375 Å². The predicted octanol–water partition coefficient (Wildman–Crippen LogP) is 2.36. The van der Waals surface area contributed by atoms with Crippen molar-refractivity contribution in [1.82, 2.24) is 9.13 Å². The van der Waals surface area contributed by atoms with Crippen molar-refractivity contribution in [2.24, 2.45) is 0 Å². The topological polar surface area (TPSA) is 9.86 Å². The van der Waals surface area contributed by atoms with E-state index in [1.165, 1.54) is 138 Å². The maximum Gasteiger partial charge on any atom is 0.141 e. The molecule has 9 aromatic carbocycles. The lowest BCUT2D eigenvalue weighted by Gasteiger charge is -2.19. The van der Waals surface area contributed by atoms with Gasteiger partial charge in [-0.05, 0) is 98.4 Å². The van der Waals surface area contributed by atoms with Crippen molar-refractivity contribution in [3.05, 3.63) is 176 Å². The first-order valence-corrected chi connectivity index (χ1v) is 22.2. The fourth-order valence-corrected chi connectivity index (χ4v) is 10.5. The van der Waals surface area contributed by atoms with E-state index in [1.54, 1.807) is 0 Å². The van der Waals surface area contributed by atoms with Crippen LogP contribution in [0.5, 0.6) is 0 Å². The van der Waals surface area contributed by atoms with Crippen LogP contribution in [0.25, 0.3) is 99.5 Å². The lowest BCUT2D eigenvalue weighted by atomic mass is 9.64. The van der Waals surface area contributed by atoms with Gasteiger partial charge in [-0.2, -0.15) is 0 Å². The Hall–Kier alpha value is -6.97. The zero-order chi connectivity index (χ0) is 43.1. The van der Waals surface area contributed by atoms with Crippen LogP contribution in [0.3, 0.4) is 0 Å². The van der Waals surface area contributed by atoms with Crippen molar-refractivity contribution in [2.45, 2.75) is 0 Å². The predicted molar refractivity (Wildman–Crippen MR) is 294 cm³/mol. The Bertz CT molecular complexity index is 3600. The molecule has 0 unspecified atom stereocenters. The van der Waals surface area contributed by atoms with Crippen LogP contribution in [0.2, 0.25) is 0 Å². The summed E-state index contributed by atoms with van der Waals surface area (Å²) in [5, 5.41) is 5.24. The van der Waals surface area contributed by atoms with Crippen molar-refractivity contribution in [1.29, 1.82) is 0 Å². The quantitative estimate of drug-likeness (QED) is 0.229. The molecule has 0 fully saturated rings. The molecule has 11 rings (SSSR count). The van der Waals surface area contributed by atoms with Crippen LogP contribution < -0.4 is 38.2 Å². The Morgan fingerprint density at radius 2 is 0.651 bits per heavy atom. The minimum Gasteiger partial charge on any atom is -0.310 e. The molecule has 0 bridgehead atoms. The van der Waals surface area contributed by atoms with Gasteiger partial charge in [0.25, 0.3) is 0 Å². The number of aromatic nitrogens is 2. The van der Waals surface area contributed by atoms with Gasteiger partial charge in [0.2, 0.25) is 0 Å². The summed E-state index contributed by atoms with van der Waals surface area (Å²) in [4.78, 5) is 0. The van der Waals surface area contributed by atoms with Crippen LogP contribution in [0, 0.1) is 0 Å². The van der Waals surface area contributed by atoms with Gasteiger partial charge in [0.15, 0.2) is 0 Å². The van der Waals surface area contributed by atoms with Crippen LogP contribution in [-0.4, -0.2) is 64.1 Å². The molecule has 2 heterocycles. The van der Waals surface area contributed by atoms with Crippen molar-refractivity contribution < 1.29 is 0 Å². The monoisotopic (exact) mass is 796 g/mol. The molecule has 0 amide bonds. The molecule has 11 aromatic rings. The molecule has 0 saturated carbocycles. The molecular weight excluding hydrogens is 752 g/mol. The minimum atomic E-state index is 1.17. The summed E-state index contributed by atoms with van der Waals surface area (Å²) in [5.74, 6) is 0. The van der Waals surface area contributed by atoms with Gasteiger partial charge in [0.1, 0.15) is 54.9 Å². The van der Waals surface area contributed by atoms with Gasteiger partial charge in [-0.15, -0.1) is 5.46 Å². The van der Waals surface area contributed by atoms with Gasteiger partial charge in [-0.1, -0.05) is 160 Å². The molecule has 290 valence electrons. The van der Waals surface area contributed by atoms with Crippen molar-refractivity contribution in [3.8, 4) is 55.9 Å². The summed E-state index contributed by atoms with van der Waals surface area (Å²) in [6.45, 7) is 0. The first-order chi connectivity index (χ1) is 30.7. The lowest BCUT2D eigenvalue weighted by Crippen LogP contribution is -2.48. The van der Waals surface area contributed by atoms with E-state index < -0.39 is 0 Å². The molecular formula is C54H43B7N2. The number of fused-ring (bicyclic) bond motifs is 6. The summed E-state index contributed by atoms with van der Waals surface area (Å²) in [6.07, 6.45) is 0. The second-order valence-electron chi connectivity index (χ2n) is 17.5. The minimum absolute atomic E-state index is 1.17. The van der Waals surface area contributed by atoms with Crippen LogP contribution >= 0.6 is 0 Å². The average molecular weight is 796 g/mol. The van der Waals surface area contributed by atoms with E-state index in [2.05, 4.69) is 240 Å². The van der Waals surface area contributed by atoms with Crippen LogP contribution in [0.15, 0.2) is 176 Å². The molecule has 2 nitrogen and oxygen atoms in total. The Kier molecular flexibility index (Phi) is 9.35. The van der Waals surface area contributed by atoms with Gasteiger partial charge in [0.05, 0.1) is 11.0 Å². The fourth-order valence-electron chi connectivity index (χ4n) is 10.5. The van der Waals surface area contributed by atoms with Crippen molar-refractivity contribution in [3.63, 3.8) is 0 Å². The second kappa shape index (κ2) is 15.1. The van der Waals surface area contributed by atoms with E-state index in [-0.39, 0.29) is 0 Å². The SMILES string of the molecule is Bc1c(B)c(B)c2c(c1B)c1c(B)c(-c3ccc4c(c3)c3cc(-c5ccccc5)ccc3n4-c3ccccc3)c(B)c(B)c1n2-c1ccc(-c2ccc(-c3ccccc3)cc2)cc1. The number of rotatable bonds is 6. The highest BCUT2D eigenvalue weighted by Gasteiger charge is 2.25. The number of benzene rings is 9. The summed E-state index contributed by atoms with van der Waals surface area (Å²) in [7, 11) is 16.3. The van der Waals surface area contributed by atoms with E-state index in [0.29, 0.717) is 0 Å². The molecule has 0 aliphatic carbocycles. The molecule has 0 saturated heterocycles. The van der Waals surface area contributed by atoms with Crippen LogP contribution in [-0.2, 0) is 0 Å². The first-order valence-electron chi connectivity index (χ1n) is 22.2. The molecule has 0 N–H and O–H groups in total. The zero-order valence-electron chi connectivity index (χ0n) is 37.1. The highest BCUT2D eigenvalue weighted by Crippen LogP contribution is 2.38. The van der Waals surface area contributed by atoms with E-state index in [0.717, 1.165) is 0 Å². The van der Waals surface area contributed by atoms with Gasteiger partial charge >= 0.3 is 0 Å². The first kappa shape index (κ1) is 38.9. The third kappa shape index (κ3) is 6.12. The normalized spacial score (nSPS) is 11.6. The molecule has 9 heteroatoms. The summed E-state index contributed by atoms with van der Waals surface area (Å²) >= 11 is 0. The standard InChI is InChI=1S/C54H43B7N2/c55-46-43(36-23-27-42-40(29-36)39-28-35(31-12-6-2-7-13-31)22-26-41(39)62(42)37-14-8-3-9-15-37)47(56)51(60)53-44(46)45-48(57)49(58)50(59)52(61)54(45)63(53)38-24-20-34(21-25-38)33-18-16-32(17-19-33)30-10-4-1-5-11-30/h1-29H,55-61H2. The van der Waals surface area contributed by atoms with E-state index in [4.69, 9.17) is 0 Å². The molecule has 0 spiro atoms. The van der Waals surface area contributed by atoms with Crippen molar-refractivity contribution in [2.75, 3.05) is 0 Å². The smallest absolute Gasteiger partial charge is 0.141 e. The Morgan fingerprint density at radius 1 is 0.270 bits per heavy atom. The highest BCUT2D eigenvalue weighted by molar-refractivity contribution is 6.69. The third-order valence-corrected chi connectivity index (χ3v) is 14.3. The molecule has 0 aliphatic heterocycles. The van der Waals surface area contributed by atoms with E-state index >= 15 is 0 Å². The third-order valence-electron chi connectivity index (χ3n) is 14.3. The fraction of sp³-hybridized carbons (Fsp3) is 0. The van der Waals surface area contributed by atoms with Gasteiger partial charge in [-0.3, -0.25) is 0 Å². The molecule has 0 atom stereocenters. The Balaban J connectivity index is 1.12. The highest BCUT2D eigenvalue weighted by atomic mass is 15.0. The van der Waals surface area contributed by atoms with Gasteiger partial charge < -0.3 is 9.13 Å². The van der Waals surface area contributed by atoms with Crippen molar-refractivity contribution >= 4 is 137 Å². The van der Waals surface area contributed by atoms with Crippen LogP contribution in [0.4, 0.5) is 0 Å². The lowest BCUT2D eigenvalue weighted by molar-refractivity contribution is 1.18. The molecule has 63 heavy (non-hydrogen) atoms. The number of hydrogen-bond donors (Lipinski definition) is 0. The largest absolute Gasteiger partial charge is 0.310 e. The second-order valence-corrected chi connectivity index (χ2v) is 17.5. The summed E-state index contributed by atoms with van der Waals surface area (Å²) < 4.78 is 5.00. The zero-order valence-corrected chi connectivity index (χ0v) is 37.1.